The fraction of sp³-hybridized carbons (Fsp3) is 0.227. The van der Waals surface area contributed by atoms with Gasteiger partial charge in [0.15, 0.2) is 11.5 Å². The molecule has 0 radical (unpaired) electrons. The van der Waals surface area contributed by atoms with E-state index in [1.54, 1.807) is 25.3 Å². The van der Waals surface area contributed by atoms with Crippen molar-refractivity contribution in [2.24, 2.45) is 0 Å². The van der Waals surface area contributed by atoms with Crippen molar-refractivity contribution in [3.05, 3.63) is 64.1 Å². The monoisotopic (exact) mass is 480 g/mol. The van der Waals surface area contributed by atoms with Crippen LogP contribution < -0.4 is 25.1 Å². The van der Waals surface area contributed by atoms with Gasteiger partial charge in [0.05, 0.1) is 12.9 Å². The van der Waals surface area contributed by atoms with Gasteiger partial charge in [0.2, 0.25) is 11.1 Å². The molecule has 0 atom stereocenters. The second kappa shape index (κ2) is 9.43. The molecule has 4 aromatic rings. The molecule has 0 bridgehead atoms. The fourth-order valence-electron chi connectivity index (χ4n) is 3.36. The van der Waals surface area contributed by atoms with Gasteiger partial charge in [0, 0.05) is 18.2 Å². The smallest absolute Gasteiger partial charge is 0.274 e. The summed E-state index contributed by atoms with van der Waals surface area (Å²) >= 11 is 1.16. The summed E-state index contributed by atoms with van der Waals surface area (Å²) in [6.07, 6.45) is 0.322. The van der Waals surface area contributed by atoms with Crippen LogP contribution in [0.5, 0.6) is 17.2 Å². The standard InChI is InChI=1S/C22H20N6O5S/c1-31-15-5-2-13(3-6-15)10-16-20(30)24-21-25-26-22(28(21)27-16)34-12-19(29)23-14-4-7-17-18(11-14)33-9-8-32-17/h2-7,11H,8-10,12H2,1H3,(H,23,29)(H,24,25,30). The number of anilines is 1. The minimum absolute atomic E-state index is 0.0733. The maximum Gasteiger partial charge on any atom is 0.274 e. The Morgan fingerprint density at radius 3 is 2.74 bits per heavy atom. The zero-order valence-electron chi connectivity index (χ0n) is 18.1. The number of hydrogen-bond acceptors (Lipinski definition) is 9. The van der Waals surface area contributed by atoms with Crippen LogP contribution in [0, 0.1) is 0 Å². The first-order valence-electron chi connectivity index (χ1n) is 10.4. The van der Waals surface area contributed by atoms with Gasteiger partial charge in [0.25, 0.3) is 11.3 Å². The maximum absolute atomic E-state index is 12.5. The van der Waals surface area contributed by atoms with Gasteiger partial charge in [-0.3, -0.25) is 14.6 Å². The zero-order valence-corrected chi connectivity index (χ0v) is 18.9. The summed E-state index contributed by atoms with van der Waals surface area (Å²) < 4.78 is 17.6. The molecule has 1 amide bonds. The highest BCUT2D eigenvalue weighted by Crippen LogP contribution is 2.32. The van der Waals surface area contributed by atoms with E-state index in [4.69, 9.17) is 14.2 Å². The third kappa shape index (κ3) is 4.66. The molecule has 34 heavy (non-hydrogen) atoms. The van der Waals surface area contributed by atoms with Crippen molar-refractivity contribution in [1.82, 2.24) is 24.8 Å². The van der Waals surface area contributed by atoms with Gasteiger partial charge in [-0.15, -0.1) is 10.2 Å². The van der Waals surface area contributed by atoms with Gasteiger partial charge in [-0.2, -0.15) is 9.61 Å². The van der Waals surface area contributed by atoms with Crippen molar-refractivity contribution >= 4 is 29.1 Å². The number of H-pyrrole nitrogens is 1. The van der Waals surface area contributed by atoms with Crippen LogP contribution in [0.1, 0.15) is 11.3 Å². The number of fused-ring (bicyclic) bond motifs is 2. The first kappa shape index (κ1) is 21.8. The normalized spacial score (nSPS) is 12.5. The number of aromatic amines is 1. The summed E-state index contributed by atoms with van der Waals surface area (Å²) in [5, 5.41) is 15.6. The topological polar surface area (TPSA) is 133 Å². The van der Waals surface area contributed by atoms with E-state index in [9.17, 15) is 9.59 Å². The highest BCUT2D eigenvalue weighted by molar-refractivity contribution is 7.99. The van der Waals surface area contributed by atoms with Crippen LogP contribution in [0.4, 0.5) is 5.69 Å². The number of nitrogens with zero attached hydrogens (tertiary/aromatic N) is 4. The van der Waals surface area contributed by atoms with Crippen LogP contribution in [0.25, 0.3) is 5.78 Å². The van der Waals surface area contributed by atoms with Crippen LogP contribution in [0.3, 0.4) is 0 Å². The lowest BCUT2D eigenvalue weighted by Gasteiger charge is -2.18. The summed E-state index contributed by atoms with van der Waals surface area (Å²) in [5.41, 5.74) is 1.47. The van der Waals surface area contributed by atoms with Gasteiger partial charge in [0.1, 0.15) is 24.7 Å². The molecule has 0 fully saturated rings. The number of thioether (sulfide) groups is 1. The fourth-order valence-corrected chi connectivity index (χ4v) is 4.04. The van der Waals surface area contributed by atoms with Gasteiger partial charge in [-0.1, -0.05) is 23.9 Å². The minimum Gasteiger partial charge on any atom is -0.497 e. The second-order valence-corrected chi connectivity index (χ2v) is 8.28. The summed E-state index contributed by atoms with van der Waals surface area (Å²) in [6, 6.07) is 12.6. The molecule has 2 N–H and O–H groups in total. The average Bonchev–Trinajstić information content (AvgIpc) is 3.24. The van der Waals surface area contributed by atoms with E-state index >= 15 is 0 Å². The Kier molecular flexibility index (Phi) is 6.04. The molecule has 2 aromatic heterocycles. The first-order valence-corrected chi connectivity index (χ1v) is 11.4. The van der Waals surface area contributed by atoms with Gasteiger partial charge < -0.3 is 19.5 Å². The molecule has 0 unspecified atom stereocenters. The van der Waals surface area contributed by atoms with E-state index in [1.165, 1.54) is 4.52 Å². The third-order valence-electron chi connectivity index (χ3n) is 5.01. The molecule has 5 rings (SSSR count). The highest BCUT2D eigenvalue weighted by Gasteiger charge is 2.16. The maximum atomic E-state index is 12.5. The average molecular weight is 481 g/mol. The minimum atomic E-state index is -0.344. The number of carbonyl (C=O) groups is 1. The van der Waals surface area contributed by atoms with E-state index in [2.05, 4.69) is 25.6 Å². The summed E-state index contributed by atoms with van der Waals surface area (Å²) in [7, 11) is 1.59. The van der Waals surface area contributed by atoms with E-state index < -0.39 is 0 Å². The quantitative estimate of drug-likeness (QED) is 0.381. The number of rotatable bonds is 7. The zero-order chi connectivity index (χ0) is 23.5. The van der Waals surface area contributed by atoms with Crippen molar-refractivity contribution in [3.63, 3.8) is 0 Å². The van der Waals surface area contributed by atoms with Crippen LogP contribution in [0.15, 0.2) is 52.4 Å². The van der Waals surface area contributed by atoms with Gasteiger partial charge in [-0.05, 0) is 29.8 Å². The second-order valence-electron chi connectivity index (χ2n) is 7.34. The predicted octanol–water partition coefficient (Wildman–Crippen LogP) is 1.91. The highest BCUT2D eigenvalue weighted by atomic mass is 32.2. The molecule has 0 aliphatic carbocycles. The molecule has 3 heterocycles. The number of hydrogen-bond donors (Lipinski definition) is 2. The van der Waals surface area contributed by atoms with E-state index in [1.807, 2.05) is 24.3 Å². The van der Waals surface area contributed by atoms with Gasteiger partial charge in [-0.25, -0.2) is 0 Å². The SMILES string of the molecule is COc1ccc(Cc2nn3c(SCC(=O)Nc4ccc5c(c4)OCCO5)nnc3[nH]c2=O)cc1. The lowest BCUT2D eigenvalue weighted by Crippen LogP contribution is -2.19. The van der Waals surface area contributed by atoms with E-state index in [0.29, 0.717) is 47.7 Å². The molecule has 0 saturated heterocycles. The predicted molar refractivity (Wildman–Crippen MR) is 124 cm³/mol. The van der Waals surface area contributed by atoms with Crippen molar-refractivity contribution in [2.45, 2.75) is 11.6 Å². The number of nitrogens with one attached hydrogen (secondary N) is 2. The number of amides is 1. The largest absolute Gasteiger partial charge is 0.497 e. The Morgan fingerprint density at radius 2 is 1.94 bits per heavy atom. The Bertz CT molecular complexity index is 1400. The van der Waals surface area contributed by atoms with Gasteiger partial charge >= 0.3 is 0 Å². The molecule has 0 spiro atoms. The number of methoxy groups -OCH3 is 1. The molecule has 2 aromatic carbocycles. The Balaban J connectivity index is 1.27. The van der Waals surface area contributed by atoms with Crippen molar-refractivity contribution in [1.29, 1.82) is 0 Å². The number of aromatic nitrogens is 5. The van der Waals surface area contributed by atoms with Crippen molar-refractivity contribution in [2.75, 3.05) is 31.4 Å². The molecule has 11 nitrogen and oxygen atoms in total. The molecule has 174 valence electrons. The van der Waals surface area contributed by atoms with Crippen LogP contribution >= 0.6 is 11.8 Å². The van der Waals surface area contributed by atoms with Crippen LogP contribution in [-0.2, 0) is 11.2 Å². The Morgan fingerprint density at radius 1 is 1.15 bits per heavy atom. The summed E-state index contributed by atoms with van der Waals surface area (Å²) in [6.45, 7) is 0.971. The van der Waals surface area contributed by atoms with E-state index in [-0.39, 0.29) is 23.0 Å². The number of benzene rings is 2. The summed E-state index contributed by atoms with van der Waals surface area (Å²) in [5.74, 6) is 2.02. The first-order chi connectivity index (χ1) is 16.6. The lowest BCUT2D eigenvalue weighted by molar-refractivity contribution is -0.113. The number of ether oxygens (including phenoxy) is 3. The Labute approximate surface area is 197 Å². The molecular formula is C22H20N6O5S. The molecule has 1 aliphatic heterocycles. The van der Waals surface area contributed by atoms with Crippen molar-refractivity contribution < 1.29 is 19.0 Å². The molecule has 0 saturated carbocycles. The lowest BCUT2D eigenvalue weighted by atomic mass is 10.1. The third-order valence-corrected chi connectivity index (χ3v) is 5.93. The molecule has 1 aliphatic rings. The molecular weight excluding hydrogens is 460 g/mol. The van der Waals surface area contributed by atoms with Crippen LogP contribution in [0.2, 0.25) is 0 Å². The Hall–Kier alpha value is -4.06. The number of carbonyl (C=O) groups excluding carboxylic acids is 1. The van der Waals surface area contributed by atoms with Crippen molar-refractivity contribution in [3.8, 4) is 17.2 Å². The van der Waals surface area contributed by atoms with E-state index in [0.717, 1.165) is 23.1 Å². The molecule has 12 heteroatoms. The van der Waals surface area contributed by atoms with Crippen LogP contribution in [-0.4, -0.2) is 56.8 Å². The summed E-state index contributed by atoms with van der Waals surface area (Å²) in [4.78, 5) is 27.6.